The SMILES string of the molecule is O=C(CC1CCc2ccccc21)NCCS(=O)(=O)c1ccc(F)cc1. The van der Waals surface area contributed by atoms with Gasteiger partial charge in [0, 0.05) is 13.0 Å². The van der Waals surface area contributed by atoms with E-state index < -0.39 is 15.7 Å². The van der Waals surface area contributed by atoms with Crippen LogP contribution in [0.4, 0.5) is 4.39 Å². The smallest absolute Gasteiger partial charge is 0.220 e. The van der Waals surface area contributed by atoms with Gasteiger partial charge in [0.2, 0.25) is 5.91 Å². The Balaban J connectivity index is 1.51. The van der Waals surface area contributed by atoms with E-state index in [9.17, 15) is 17.6 Å². The van der Waals surface area contributed by atoms with Crippen LogP contribution in [-0.2, 0) is 21.1 Å². The van der Waals surface area contributed by atoms with Crippen molar-refractivity contribution in [2.24, 2.45) is 0 Å². The molecule has 1 unspecified atom stereocenters. The first kappa shape index (κ1) is 17.6. The molecule has 0 saturated carbocycles. The van der Waals surface area contributed by atoms with Gasteiger partial charge in [-0.3, -0.25) is 4.79 Å². The van der Waals surface area contributed by atoms with Crippen molar-refractivity contribution < 1.29 is 17.6 Å². The molecule has 0 radical (unpaired) electrons. The molecule has 0 aliphatic heterocycles. The molecule has 25 heavy (non-hydrogen) atoms. The van der Waals surface area contributed by atoms with Gasteiger partial charge in [-0.05, 0) is 54.2 Å². The summed E-state index contributed by atoms with van der Waals surface area (Å²) in [6.07, 6.45) is 2.29. The number of aryl methyl sites for hydroxylation is 1. The summed E-state index contributed by atoms with van der Waals surface area (Å²) >= 11 is 0. The van der Waals surface area contributed by atoms with Crippen LogP contribution in [0, 0.1) is 5.82 Å². The van der Waals surface area contributed by atoms with Gasteiger partial charge in [-0.2, -0.15) is 0 Å². The van der Waals surface area contributed by atoms with Crippen LogP contribution in [0.25, 0.3) is 0 Å². The van der Waals surface area contributed by atoms with E-state index in [4.69, 9.17) is 0 Å². The zero-order chi connectivity index (χ0) is 17.9. The maximum absolute atomic E-state index is 12.9. The van der Waals surface area contributed by atoms with Gasteiger partial charge in [0.25, 0.3) is 0 Å². The van der Waals surface area contributed by atoms with Crippen molar-refractivity contribution in [1.82, 2.24) is 5.32 Å². The van der Waals surface area contributed by atoms with E-state index in [1.165, 1.54) is 23.3 Å². The first-order valence-electron chi connectivity index (χ1n) is 8.28. The fraction of sp³-hybridized carbons (Fsp3) is 0.316. The van der Waals surface area contributed by atoms with E-state index in [0.717, 1.165) is 25.0 Å². The normalized spacial score (nSPS) is 16.4. The highest BCUT2D eigenvalue weighted by molar-refractivity contribution is 7.91. The number of amides is 1. The monoisotopic (exact) mass is 361 g/mol. The predicted octanol–water partition coefficient (Wildman–Crippen LogP) is 2.84. The number of carbonyl (C=O) groups is 1. The lowest BCUT2D eigenvalue weighted by Gasteiger charge is -2.12. The van der Waals surface area contributed by atoms with Gasteiger partial charge in [0.05, 0.1) is 10.6 Å². The van der Waals surface area contributed by atoms with E-state index in [1.807, 2.05) is 12.1 Å². The van der Waals surface area contributed by atoms with E-state index in [0.29, 0.717) is 6.42 Å². The van der Waals surface area contributed by atoms with Crippen molar-refractivity contribution in [3.05, 3.63) is 65.5 Å². The van der Waals surface area contributed by atoms with Gasteiger partial charge < -0.3 is 5.32 Å². The van der Waals surface area contributed by atoms with Gasteiger partial charge >= 0.3 is 0 Å². The van der Waals surface area contributed by atoms with Crippen molar-refractivity contribution in [3.63, 3.8) is 0 Å². The zero-order valence-electron chi connectivity index (χ0n) is 13.7. The third kappa shape index (κ3) is 4.25. The lowest BCUT2D eigenvalue weighted by atomic mass is 9.97. The molecule has 0 aromatic heterocycles. The van der Waals surface area contributed by atoms with Crippen LogP contribution in [0.5, 0.6) is 0 Å². The van der Waals surface area contributed by atoms with Crippen LogP contribution in [0.3, 0.4) is 0 Å². The molecule has 2 aromatic rings. The average Bonchev–Trinajstić information content (AvgIpc) is 2.98. The second kappa shape index (κ2) is 7.35. The summed E-state index contributed by atoms with van der Waals surface area (Å²) in [5.41, 5.74) is 2.51. The molecule has 1 aliphatic rings. The molecule has 0 spiro atoms. The first-order valence-corrected chi connectivity index (χ1v) is 9.94. The second-order valence-electron chi connectivity index (χ2n) is 6.26. The zero-order valence-corrected chi connectivity index (χ0v) is 14.6. The maximum Gasteiger partial charge on any atom is 0.220 e. The summed E-state index contributed by atoms with van der Waals surface area (Å²) < 4.78 is 37.2. The van der Waals surface area contributed by atoms with Crippen LogP contribution in [0.15, 0.2) is 53.4 Å². The van der Waals surface area contributed by atoms with Gasteiger partial charge in [-0.25, -0.2) is 12.8 Å². The van der Waals surface area contributed by atoms with Crippen LogP contribution in [-0.4, -0.2) is 26.6 Å². The van der Waals surface area contributed by atoms with E-state index in [1.54, 1.807) is 0 Å². The lowest BCUT2D eigenvalue weighted by Crippen LogP contribution is -2.30. The minimum Gasteiger partial charge on any atom is -0.355 e. The number of sulfone groups is 1. The molecule has 1 amide bonds. The molecular formula is C19H20FNO3S. The Morgan fingerprint density at radius 3 is 2.60 bits per heavy atom. The average molecular weight is 361 g/mol. The fourth-order valence-corrected chi connectivity index (χ4v) is 4.40. The number of hydrogen-bond acceptors (Lipinski definition) is 3. The Morgan fingerprint density at radius 1 is 1.12 bits per heavy atom. The number of halogens is 1. The van der Waals surface area contributed by atoms with Crippen molar-refractivity contribution in [3.8, 4) is 0 Å². The number of nitrogens with one attached hydrogen (secondary N) is 1. The van der Waals surface area contributed by atoms with Crippen LogP contribution >= 0.6 is 0 Å². The molecule has 2 aromatic carbocycles. The molecule has 1 atom stereocenters. The number of carbonyl (C=O) groups excluding carboxylic acids is 1. The quantitative estimate of drug-likeness (QED) is 0.805. The molecule has 1 aliphatic carbocycles. The maximum atomic E-state index is 12.9. The molecular weight excluding hydrogens is 341 g/mol. The van der Waals surface area contributed by atoms with Crippen molar-refractivity contribution in [2.75, 3.05) is 12.3 Å². The van der Waals surface area contributed by atoms with Gasteiger partial charge in [-0.15, -0.1) is 0 Å². The Bertz CT molecular complexity index is 862. The Morgan fingerprint density at radius 2 is 1.84 bits per heavy atom. The minimum absolute atomic E-state index is 0.0485. The summed E-state index contributed by atoms with van der Waals surface area (Å²) in [6, 6.07) is 12.8. The standard InChI is InChI=1S/C19H20FNO3S/c20-16-7-9-17(10-8-16)25(23,24)12-11-21-19(22)13-15-6-5-14-3-1-2-4-18(14)15/h1-4,7-10,15H,5-6,11-13H2,(H,21,22). The first-order chi connectivity index (χ1) is 12.0. The lowest BCUT2D eigenvalue weighted by molar-refractivity contribution is -0.121. The summed E-state index contributed by atoms with van der Waals surface area (Å²) in [4.78, 5) is 12.2. The van der Waals surface area contributed by atoms with Crippen molar-refractivity contribution in [2.45, 2.75) is 30.1 Å². The molecule has 3 rings (SSSR count). The number of benzene rings is 2. The van der Waals surface area contributed by atoms with Crippen LogP contribution < -0.4 is 5.32 Å². The molecule has 132 valence electrons. The van der Waals surface area contributed by atoms with E-state index >= 15 is 0 Å². The largest absolute Gasteiger partial charge is 0.355 e. The topological polar surface area (TPSA) is 63.2 Å². The summed E-state index contributed by atoms with van der Waals surface area (Å²) in [5, 5.41) is 2.69. The molecule has 4 nitrogen and oxygen atoms in total. The van der Waals surface area contributed by atoms with Crippen LogP contribution in [0.2, 0.25) is 0 Å². The molecule has 6 heteroatoms. The minimum atomic E-state index is -3.53. The highest BCUT2D eigenvalue weighted by Gasteiger charge is 2.24. The summed E-state index contributed by atoms with van der Waals surface area (Å²) in [6.45, 7) is 0.0485. The highest BCUT2D eigenvalue weighted by Crippen LogP contribution is 2.34. The Labute approximate surface area is 147 Å². The van der Waals surface area contributed by atoms with Gasteiger partial charge in [0.15, 0.2) is 9.84 Å². The number of rotatable bonds is 6. The predicted molar refractivity (Wildman–Crippen MR) is 93.6 cm³/mol. The Kier molecular flexibility index (Phi) is 5.18. The molecule has 0 fully saturated rings. The second-order valence-corrected chi connectivity index (χ2v) is 8.37. The number of fused-ring (bicyclic) bond motifs is 1. The summed E-state index contributed by atoms with van der Waals surface area (Å²) in [5.74, 6) is -0.629. The van der Waals surface area contributed by atoms with E-state index in [2.05, 4.69) is 17.4 Å². The van der Waals surface area contributed by atoms with Gasteiger partial charge in [0.1, 0.15) is 5.82 Å². The van der Waals surface area contributed by atoms with Crippen molar-refractivity contribution in [1.29, 1.82) is 0 Å². The Hall–Kier alpha value is -2.21. The van der Waals surface area contributed by atoms with Crippen molar-refractivity contribution >= 4 is 15.7 Å². The summed E-state index contributed by atoms with van der Waals surface area (Å²) in [7, 11) is -3.53. The molecule has 0 heterocycles. The highest BCUT2D eigenvalue weighted by atomic mass is 32.2. The third-order valence-electron chi connectivity index (χ3n) is 4.55. The molecule has 0 bridgehead atoms. The molecule has 0 saturated heterocycles. The number of hydrogen-bond donors (Lipinski definition) is 1. The molecule has 1 N–H and O–H groups in total. The fourth-order valence-electron chi connectivity index (χ4n) is 3.24. The van der Waals surface area contributed by atoms with Crippen LogP contribution in [0.1, 0.15) is 29.9 Å². The third-order valence-corrected chi connectivity index (χ3v) is 6.29. The van der Waals surface area contributed by atoms with E-state index in [-0.39, 0.29) is 29.0 Å². The van der Waals surface area contributed by atoms with Gasteiger partial charge in [-0.1, -0.05) is 24.3 Å².